The summed E-state index contributed by atoms with van der Waals surface area (Å²) in [5, 5.41) is 6.08. The summed E-state index contributed by atoms with van der Waals surface area (Å²) >= 11 is 0. The topological polar surface area (TPSA) is 76.0 Å². The molecule has 6 heteroatoms. The van der Waals surface area contributed by atoms with Crippen molar-refractivity contribution in [3.05, 3.63) is 48.5 Å². The lowest BCUT2D eigenvalue weighted by Gasteiger charge is -2.27. The largest absolute Gasteiger partial charge is 0.348 e. The quantitative estimate of drug-likeness (QED) is 0.748. The van der Waals surface area contributed by atoms with Crippen molar-refractivity contribution in [2.75, 3.05) is 0 Å². The minimum Gasteiger partial charge on any atom is -0.348 e. The first kappa shape index (κ1) is 21.1. The Kier molecular flexibility index (Phi) is 7.07. The summed E-state index contributed by atoms with van der Waals surface area (Å²) < 4.78 is 1.93. The number of imidazole rings is 1. The molecule has 6 nitrogen and oxygen atoms in total. The van der Waals surface area contributed by atoms with E-state index in [2.05, 4.69) is 15.6 Å². The van der Waals surface area contributed by atoms with Crippen LogP contribution < -0.4 is 10.6 Å². The maximum atomic E-state index is 12.9. The van der Waals surface area contributed by atoms with Crippen LogP contribution in [-0.2, 0) is 9.59 Å². The Labute approximate surface area is 173 Å². The second-order valence-corrected chi connectivity index (χ2v) is 8.36. The third-order valence-corrected chi connectivity index (χ3v) is 5.78. The molecule has 0 spiro atoms. The summed E-state index contributed by atoms with van der Waals surface area (Å²) in [5.41, 5.74) is 2.04. The lowest BCUT2D eigenvalue weighted by Crippen LogP contribution is -2.51. The Morgan fingerprint density at radius 3 is 2.31 bits per heavy atom. The second kappa shape index (κ2) is 9.72. The highest BCUT2D eigenvalue weighted by Crippen LogP contribution is 2.24. The molecule has 1 heterocycles. The molecule has 156 valence electrons. The summed E-state index contributed by atoms with van der Waals surface area (Å²) in [5.74, 6) is -0.0319. The van der Waals surface area contributed by atoms with Crippen LogP contribution in [0.4, 0.5) is 0 Å². The van der Waals surface area contributed by atoms with E-state index in [0.717, 1.165) is 36.9 Å². The molecule has 2 amide bonds. The summed E-state index contributed by atoms with van der Waals surface area (Å²) in [6.07, 6.45) is 10.6. The van der Waals surface area contributed by atoms with Crippen molar-refractivity contribution in [3.63, 3.8) is 0 Å². The highest BCUT2D eigenvalue weighted by Gasteiger charge is 2.29. The van der Waals surface area contributed by atoms with Crippen LogP contribution in [0.15, 0.2) is 43.0 Å². The van der Waals surface area contributed by atoms with Crippen LogP contribution in [0.3, 0.4) is 0 Å². The number of carbonyl (C=O) groups excluding carboxylic acids is 2. The molecule has 1 aliphatic carbocycles. The molecule has 0 radical (unpaired) electrons. The Balaban J connectivity index is 1.60. The maximum absolute atomic E-state index is 12.9. The Morgan fingerprint density at radius 2 is 1.72 bits per heavy atom. The lowest BCUT2D eigenvalue weighted by atomic mass is 9.88. The summed E-state index contributed by atoms with van der Waals surface area (Å²) in [6.45, 7) is 5.90. The molecule has 1 aromatic heterocycles. The molecule has 2 aromatic rings. The molecular weight excluding hydrogens is 364 g/mol. The van der Waals surface area contributed by atoms with Gasteiger partial charge in [-0.15, -0.1) is 0 Å². The molecular formula is C23H32N4O2. The monoisotopic (exact) mass is 396 g/mol. The number of rotatable bonds is 7. The number of carbonyl (C=O) groups is 2. The van der Waals surface area contributed by atoms with Crippen molar-refractivity contribution in [1.29, 1.82) is 0 Å². The van der Waals surface area contributed by atoms with Crippen molar-refractivity contribution < 1.29 is 9.59 Å². The van der Waals surface area contributed by atoms with Crippen molar-refractivity contribution >= 4 is 11.8 Å². The van der Waals surface area contributed by atoms with Gasteiger partial charge < -0.3 is 15.2 Å². The first-order valence-electron chi connectivity index (χ1n) is 10.6. The number of amides is 2. The van der Waals surface area contributed by atoms with Crippen LogP contribution in [0, 0.1) is 11.8 Å². The lowest BCUT2D eigenvalue weighted by molar-refractivity contribution is -0.133. The number of hydrogen-bond donors (Lipinski definition) is 2. The molecule has 0 bridgehead atoms. The van der Waals surface area contributed by atoms with Gasteiger partial charge in [-0.05, 0) is 43.4 Å². The standard InChI is InChI=1S/C23H32N4O2/c1-16(2)21(26-22(28)19-7-5-4-6-8-19)23(29)25-17(3)18-9-11-20(12-10-18)27-14-13-24-15-27/h9-17,19,21H,4-8H2,1-3H3,(H,25,29)(H,26,28)/t17-,21-/m0/s1. The number of benzene rings is 1. The van der Waals surface area contributed by atoms with Gasteiger partial charge in [0.25, 0.3) is 0 Å². The first-order chi connectivity index (χ1) is 14.0. The fourth-order valence-corrected chi connectivity index (χ4v) is 3.90. The van der Waals surface area contributed by atoms with Crippen LogP contribution in [0.25, 0.3) is 5.69 Å². The Bertz CT molecular complexity index is 793. The third-order valence-electron chi connectivity index (χ3n) is 5.78. The summed E-state index contributed by atoms with van der Waals surface area (Å²) in [4.78, 5) is 29.6. The van der Waals surface area contributed by atoms with Gasteiger partial charge in [0.15, 0.2) is 0 Å². The second-order valence-electron chi connectivity index (χ2n) is 8.36. The van der Waals surface area contributed by atoms with Gasteiger partial charge in [0.2, 0.25) is 11.8 Å². The highest BCUT2D eigenvalue weighted by atomic mass is 16.2. The predicted molar refractivity (Wildman–Crippen MR) is 113 cm³/mol. The predicted octanol–water partition coefficient (Wildman–Crippen LogP) is 3.77. The van der Waals surface area contributed by atoms with E-state index in [1.807, 2.05) is 55.8 Å². The zero-order valence-electron chi connectivity index (χ0n) is 17.6. The van der Waals surface area contributed by atoms with E-state index in [1.54, 1.807) is 12.5 Å². The van der Waals surface area contributed by atoms with Gasteiger partial charge in [-0.1, -0.05) is 45.2 Å². The van der Waals surface area contributed by atoms with E-state index in [9.17, 15) is 9.59 Å². The maximum Gasteiger partial charge on any atom is 0.243 e. The van der Waals surface area contributed by atoms with Gasteiger partial charge in [-0.3, -0.25) is 9.59 Å². The van der Waals surface area contributed by atoms with E-state index >= 15 is 0 Å². The smallest absolute Gasteiger partial charge is 0.243 e. The molecule has 2 atom stereocenters. The fraction of sp³-hybridized carbons (Fsp3) is 0.522. The molecule has 2 N–H and O–H groups in total. The first-order valence-corrected chi connectivity index (χ1v) is 10.6. The van der Waals surface area contributed by atoms with E-state index in [0.29, 0.717) is 0 Å². The van der Waals surface area contributed by atoms with E-state index in [1.165, 1.54) is 6.42 Å². The molecule has 1 saturated carbocycles. The summed E-state index contributed by atoms with van der Waals surface area (Å²) in [6, 6.07) is 7.36. The molecule has 3 rings (SSSR count). The van der Waals surface area contributed by atoms with Gasteiger partial charge in [-0.2, -0.15) is 0 Å². The SMILES string of the molecule is CC(C)[C@H](NC(=O)C1CCCCC1)C(=O)N[C@@H](C)c1ccc(-n2ccnc2)cc1. The van der Waals surface area contributed by atoms with Crippen molar-refractivity contribution in [2.45, 2.75) is 65.0 Å². The van der Waals surface area contributed by atoms with Gasteiger partial charge in [0.1, 0.15) is 6.04 Å². The van der Waals surface area contributed by atoms with Crippen LogP contribution in [0.2, 0.25) is 0 Å². The average molecular weight is 397 g/mol. The average Bonchev–Trinajstić information content (AvgIpc) is 3.27. The molecule has 0 aliphatic heterocycles. The molecule has 0 unspecified atom stereocenters. The van der Waals surface area contributed by atoms with Gasteiger partial charge in [0.05, 0.1) is 12.4 Å². The van der Waals surface area contributed by atoms with E-state index in [4.69, 9.17) is 0 Å². The zero-order chi connectivity index (χ0) is 20.8. The number of hydrogen-bond acceptors (Lipinski definition) is 3. The van der Waals surface area contributed by atoms with Crippen molar-refractivity contribution in [1.82, 2.24) is 20.2 Å². The number of aromatic nitrogens is 2. The molecule has 29 heavy (non-hydrogen) atoms. The Hall–Kier alpha value is -2.63. The van der Waals surface area contributed by atoms with Gasteiger partial charge in [-0.25, -0.2) is 4.98 Å². The normalized spacial score (nSPS) is 17.0. The van der Waals surface area contributed by atoms with Crippen LogP contribution in [-0.4, -0.2) is 27.4 Å². The zero-order valence-corrected chi connectivity index (χ0v) is 17.6. The van der Waals surface area contributed by atoms with Gasteiger partial charge >= 0.3 is 0 Å². The number of nitrogens with zero attached hydrogens (tertiary/aromatic N) is 2. The van der Waals surface area contributed by atoms with E-state index < -0.39 is 6.04 Å². The van der Waals surface area contributed by atoms with E-state index in [-0.39, 0.29) is 29.7 Å². The van der Waals surface area contributed by atoms with Crippen LogP contribution in [0.5, 0.6) is 0 Å². The van der Waals surface area contributed by atoms with Gasteiger partial charge in [0, 0.05) is 24.0 Å². The fourth-order valence-electron chi connectivity index (χ4n) is 3.90. The molecule has 0 saturated heterocycles. The molecule has 1 aliphatic rings. The van der Waals surface area contributed by atoms with Crippen molar-refractivity contribution in [3.8, 4) is 5.69 Å². The van der Waals surface area contributed by atoms with Crippen LogP contribution in [0.1, 0.15) is 64.5 Å². The Morgan fingerprint density at radius 1 is 1.03 bits per heavy atom. The molecule has 1 fully saturated rings. The highest BCUT2D eigenvalue weighted by molar-refractivity contribution is 5.89. The minimum atomic E-state index is -0.517. The minimum absolute atomic E-state index is 0.0240. The number of nitrogens with one attached hydrogen (secondary N) is 2. The molecule has 1 aromatic carbocycles. The van der Waals surface area contributed by atoms with Crippen molar-refractivity contribution in [2.24, 2.45) is 11.8 Å². The summed E-state index contributed by atoms with van der Waals surface area (Å²) in [7, 11) is 0. The third kappa shape index (κ3) is 5.46. The van der Waals surface area contributed by atoms with Crippen LogP contribution >= 0.6 is 0 Å².